The Morgan fingerprint density at radius 3 is 2.50 bits per heavy atom. The predicted molar refractivity (Wildman–Crippen MR) is 90.6 cm³/mol. The molecule has 0 aliphatic rings. The van der Waals surface area contributed by atoms with Crippen LogP contribution in [0.5, 0.6) is 0 Å². The SMILES string of the molecule is Cc1nn(Cc2ccccc2)c(C)c1NC(=O)C(=O)NC[C@@H](C)O. The monoisotopic (exact) mass is 330 g/mol. The average molecular weight is 330 g/mol. The van der Waals surface area contributed by atoms with Crippen LogP contribution < -0.4 is 10.6 Å². The van der Waals surface area contributed by atoms with Crippen LogP contribution in [0.15, 0.2) is 30.3 Å². The molecule has 0 bridgehead atoms. The summed E-state index contributed by atoms with van der Waals surface area (Å²) >= 11 is 0. The van der Waals surface area contributed by atoms with Gasteiger partial charge in [-0.1, -0.05) is 30.3 Å². The standard InChI is InChI=1S/C17H22N4O3/c1-11(22)9-18-16(23)17(24)19-15-12(2)20-21(13(15)3)10-14-7-5-4-6-8-14/h4-8,11,22H,9-10H2,1-3H3,(H,18,23)(H,19,24)/t11-/m1/s1. The molecule has 1 heterocycles. The van der Waals surface area contributed by atoms with Gasteiger partial charge >= 0.3 is 11.8 Å². The van der Waals surface area contributed by atoms with E-state index >= 15 is 0 Å². The minimum absolute atomic E-state index is 0.0253. The fourth-order valence-electron chi connectivity index (χ4n) is 2.28. The van der Waals surface area contributed by atoms with Crippen molar-refractivity contribution < 1.29 is 14.7 Å². The summed E-state index contributed by atoms with van der Waals surface area (Å²) in [6, 6.07) is 9.85. The maximum Gasteiger partial charge on any atom is 0.313 e. The van der Waals surface area contributed by atoms with E-state index in [1.165, 1.54) is 6.92 Å². The number of aryl methyl sites for hydroxylation is 1. The molecule has 128 valence electrons. The third kappa shape index (κ3) is 4.42. The number of hydrogen-bond acceptors (Lipinski definition) is 4. The van der Waals surface area contributed by atoms with E-state index in [1.54, 1.807) is 11.6 Å². The second-order valence-electron chi connectivity index (χ2n) is 5.70. The minimum Gasteiger partial charge on any atom is -0.392 e. The third-order valence-electron chi connectivity index (χ3n) is 3.56. The minimum atomic E-state index is -0.787. The summed E-state index contributed by atoms with van der Waals surface area (Å²) in [5, 5.41) is 18.5. The highest BCUT2D eigenvalue weighted by Gasteiger charge is 2.19. The molecule has 1 aromatic heterocycles. The van der Waals surface area contributed by atoms with Gasteiger partial charge < -0.3 is 15.7 Å². The van der Waals surface area contributed by atoms with Crippen LogP contribution in [0.4, 0.5) is 5.69 Å². The molecule has 0 radical (unpaired) electrons. The van der Waals surface area contributed by atoms with E-state index in [9.17, 15) is 9.59 Å². The zero-order valence-electron chi connectivity index (χ0n) is 14.0. The number of nitrogens with zero attached hydrogens (tertiary/aromatic N) is 2. The van der Waals surface area contributed by atoms with Gasteiger partial charge in [0, 0.05) is 6.54 Å². The van der Waals surface area contributed by atoms with Crippen molar-refractivity contribution in [2.75, 3.05) is 11.9 Å². The molecule has 2 amide bonds. The Balaban J connectivity index is 2.08. The molecule has 7 heteroatoms. The molecular formula is C17H22N4O3. The Labute approximate surface area is 140 Å². The summed E-state index contributed by atoms with van der Waals surface area (Å²) in [6.07, 6.45) is -0.709. The lowest BCUT2D eigenvalue weighted by molar-refractivity contribution is -0.136. The van der Waals surface area contributed by atoms with Gasteiger partial charge in [-0.2, -0.15) is 5.10 Å². The van der Waals surface area contributed by atoms with E-state index < -0.39 is 17.9 Å². The summed E-state index contributed by atoms with van der Waals surface area (Å²) in [6.45, 7) is 5.75. The molecule has 0 fully saturated rings. The number of rotatable bonds is 5. The highest BCUT2D eigenvalue weighted by atomic mass is 16.3. The average Bonchev–Trinajstić information content (AvgIpc) is 2.81. The van der Waals surface area contributed by atoms with E-state index in [4.69, 9.17) is 5.11 Å². The molecule has 7 nitrogen and oxygen atoms in total. The Kier molecular flexibility index (Phi) is 5.70. The van der Waals surface area contributed by atoms with Crippen molar-refractivity contribution in [1.82, 2.24) is 15.1 Å². The van der Waals surface area contributed by atoms with Gasteiger partial charge in [0.15, 0.2) is 0 Å². The Hall–Kier alpha value is -2.67. The normalized spacial score (nSPS) is 11.8. The molecule has 1 atom stereocenters. The van der Waals surface area contributed by atoms with Crippen LogP contribution in [-0.2, 0) is 16.1 Å². The molecule has 1 aromatic carbocycles. The van der Waals surface area contributed by atoms with Crippen LogP contribution in [0.3, 0.4) is 0 Å². The molecule has 24 heavy (non-hydrogen) atoms. The molecular weight excluding hydrogens is 308 g/mol. The first kappa shape index (κ1) is 17.7. The highest BCUT2D eigenvalue weighted by Crippen LogP contribution is 2.20. The first-order valence-corrected chi connectivity index (χ1v) is 7.73. The quantitative estimate of drug-likeness (QED) is 0.712. The lowest BCUT2D eigenvalue weighted by Crippen LogP contribution is -2.39. The van der Waals surface area contributed by atoms with Crippen molar-refractivity contribution in [2.24, 2.45) is 0 Å². The van der Waals surface area contributed by atoms with Gasteiger partial charge in [0.1, 0.15) is 0 Å². The van der Waals surface area contributed by atoms with Gasteiger partial charge in [-0.15, -0.1) is 0 Å². The number of benzene rings is 1. The van der Waals surface area contributed by atoms with Crippen molar-refractivity contribution in [1.29, 1.82) is 0 Å². The fourth-order valence-corrected chi connectivity index (χ4v) is 2.28. The number of carbonyl (C=O) groups is 2. The Morgan fingerprint density at radius 2 is 1.88 bits per heavy atom. The van der Waals surface area contributed by atoms with Crippen LogP contribution in [0, 0.1) is 13.8 Å². The molecule has 2 rings (SSSR count). The zero-order valence-corrected chi connectivity index (χ0v) is 14.0. The summed E-state index contributed by atoms with van der Waals surface area (Å²) in [5.74, 6) is -1.56. The Morgan fingerprint density at radius 1 is 1.21 bits per heavy atom. The molecule has 0 saturated heterocycles. The summed E-state index contributed by atoms with van der Waals surface area (Å²) in [5.41, 5.74) is 3.03. The summed E-state index contributed by atoms with van der Waals surface area (Å²) in [7, 11) is 0. The van der Waals surface area contributed by atoms with E-state index in [0.717, 1.165) is 11.3 Å². The molecule has 0 spiro atoms. The number of amides is 2. The topological polar surface area (TPSA) is 96.2 Å². The maximum absolute atomic E-state index is 12.0. The van der Waals surface area contributed by atoms with E-state index in [2.05, 4.69) is 15.7 Å². The van der Waals surface area contributed by atoms with Crippen molar-refractivity contribution >= 4 is 17.5 Å². The Bertz CT molecular complexity index is 723. The molecule has 2 aromatic rings. The summed E-state index contributed by atoms with van der Waals surface area (Å²) in [4.78, 5) is 23.7. The first-order valence-electron chi connectivity index (χ1n) is 7.73. The van der Waals surface area contributed by atoms with E-state index in [-0.39, 0.29) is 6.54 Å². The van der Waals surface area contributed by atoms with Crippen LogP contribution >= 0.6 is 0 Å². The second-order valence-corrected chi connectivity index (χ2v) is 5.70. The number of carbonyl (C=O) groups excluding carboxylic acids is 2. The van der Waals surface area contributed by atoms with Gasteiger partial charge in [0.2, 0.25) is 0 Å². The van der Waals surface area contributed by atoms with E-state index in [1.807, 2.05) is 37.3 Å². The number of hydrogen-bond donors (Lipinski definition) is 3. The molecule has 3 N–H and O–H groups in total. The van der Waals surface area contributed by atoms with Gasteiger partial charge in [-0.05, 0) is 26.3 Å². The van der Waals surface area contributed by atoms with Gasteiger partial charge in [0.25, 0.3) is 0 Å². The lowest BCUT2D eigenvalue weighted by Gasteiger charge is -2.09. The largest absolute Gasteiger partial charge is 0.392 e. The number of nitrogens with one attached hydrogen (secondary N) is 2. The first-order chi connectivity index (χ1) is 11.4. The van der Waals surface area contributed by atoms with Crippen LogP contribution in [0.1, 0.15) is 23.9 Å². The number of anilines is 1. The van der Waals surface area contributed by atoms with Crippen LogP contribution in [0.25, 0.3) is 0 Å². The molecule has 0 aliphatic carbocycles. The van der Waals surface area contributed by atoms with Gasteiger partial charge in [-0.25, -0.2) is 0 Å². The van der Waals surface area contributed by atoms with Crippen LogP contribution in [0.2, 0.25) is 0 Å². The van der Waals surface area contributed by atoms with Gasteiger partial charge in [-0.3, -0.25) is 14.3 Å². The fraction of sp³-hybridized carbons (Fsp3) is 0.353. The van der Waals surface area contributed by atoms with Crippen molar-refractivity contribution in [3.05, 3.63) is 47.3 Å². The number of aromatic nitrogens is 2. The molecule has 0 aliphatic heterocycles. The smallest absolute Gasteiger partial charge is 0.313 e. The van der Waals surface area contributed by atoms with Crippen molar-refractivity contribution in [2.45, 2.75) is 33.4 Å². The molecule has 0 saturated carbocycles. The zero-order chi connectivity index (χ0) is 17.7. The van der Waals surface area contributed by atoms with Gasteiger partial charge in [0.05, 0.1) is 29.7 Å². The lowest BCUT2D eigenvalue weighted by atomic mass is 10.2. The van der Waals surface area contributed by atoms with E-state index in [0.29, 0.717) is 17.9 Å². The number of aliphatic hydroxyl groups is 1. The highest BCUT2D eigenvalue weighted by molar-refractivity contribution is 6.39. The second kappa shape index (κ2) is 7.74. The predicted octanol–water partition coefficient (Wildman–Crippen LogP) is 0.984. The van der Waals surface area contributed by atoms with Crippen molar-refractivity contribution in [3.63, 3.8) is 0 Å². The third-order valence-corrected chi connectivity index (χ3v) is 3.56. The number of aliphatic hydroxyl groups excluding tert-OH is 1. The molecule has 0 unspecified atom stereocenters. The maximum atomic E-state index is 12.0. The summed E-state index contributed by atoms with van der Waals surface area (Å²) < 4.78 is 1.79. The van der Waals surface area contributed by atoms with Crippen LogP contribution in [-0.4, -0.2) is 39.4 Å². The van der Waals surface area contributed by atoms with Crippen molar-refractivity contribution in [3.8, 4) is 0 Å².